The van der Waals surface area contributed by atoms with Gasteiger partial charge < -0.3 is 15.4 Å². The molecular weight excluding hydrogens is 331 g/mol. The molecular formula is C21H27FN2O2. The molecule has 0 aliphatic heterocycles. The second-order valence-corrected chi connectivity index (χ2v) is 6.20. The molecule has 0 unspecified atom stereocenters. The summed E-state index contributed by atoms with van der Waals surface area (Å²) in [4.78, 5) is 11.9. The van der Waals surface area contributed by atoms with Crippen LogP contribution < -0.4 is 15.4 Å². The first kappa shape index (κ1) is 19.8. The monoisotopic (exact) mass is 358 g/mol. The maximum atomic E-state index is 12.8. The van der Waals surface area contributed by atoms with Crippen molar-refractivity contribution in [1.29, 1.82) is 0 Å². The van der Waals surface area contributed by atoms with E-state index in [0.29, 0.717) is 5.69 Å². The molecule has 0 aliphatic carbocycles. The average Bonchev–Trinajstić information content (AvgIpc) is 2.66. The fourth-order valence-corrected chi connectivity index (χ4v) is 2.49. The Bertz CT molecular complexity index is 657. The number of ether oxygens (including phenoxy) is 1. The molecule has 2 N–H and O–H groups in total. The highest BCUT2D eigenvalue weighted by Crippen LogP contribution is 2.16. The van der Waals surface area contributed by atoms with E-state index in [0.717, 1.165) is 24.5 Å². The Morgan fingerprint density at radius 1 is 0.923 bits per heavy atom. The van der Waals surface area contributed by atoms with Crippen molar-refractivity contribution >= 4 is 17.3 Å². The number of hydrogen-bond acceptors (Lipinski definition) is 3. The molecule has 5 heteroatoms. The first-order valence-corrected chi connectivity index (χ1v) is 9.19. The van der Waals surface area contributed by atoms with Crippen LogP contribution in [0.2, 0.25) is 0 Å². The summed E-state index contributed by atoms with van der Waals surface area (Å²) in [5.41, 5.74) is 1.41. The number of amides is 1. The van der Waals surface area contributed by atoms with Crippen molar-refractivity contribution in [3.8, 4) is 5.75 Å². The first-order chi connectivity index (χ1) is 12.7. The fourth-order valence-electron chi connectivity index (χ4n) is 2.49. The number of carbonyl (C=O) groups is 1. The molecule has 2 rings (SSSR count). The number of unbranched alkanes of at least 4 members (excludes halogenated alkanes) is 4. The molecule has 0 saturated heterocycles. The molecule has 0 fully saturated rings. The van der Waals surface area contributed by atoms with E-state index in [1.54, 1.807) is 0 Å². The van der Waals surface area contributed by atoms with E-state index in [2.05, 4.69) is 17.6 Å². The molecule has 4 nitrogen and oxygen atoms in total. The molecule has 0 bridgehead atoms. The van der Waals surface area contributed by atoms with Gasteiger partial charge in [-0.15, -0.1) is 0 Å². The largest absolute Gasteiger partial charge is 0.494 e. The Labute approximate surface area is 154 Å². The van der Waals surface area contributed by atoms with E-state index in [1.165, 1.54) is 49.9 Å². The standard InChI is InChI=1S/C21H27FN2O2/c1-2-3-4-5-6-15-26-20-13-11-18(12-14-20)23-16-21(25)24-19-9-7-17(22)8-10-19/h7-14,23H,2-6,15-16H2,1H3,(H,24,25). The lowest BCUT2D eigenvalue weighted by Gasteiger charge is -2.09. The molecule has 140 valence electrons. The molecule has 0 aliphatic rings. The van der Waals surface area contributed by atoms with Gasteiger partial charge in [0.2, 0.25) is 5.91 Å². The molecule has 0 atom stereocenters. The van der Waals surface area contributed by atoms with Gasteiger partial charge >= 0.3 is 0 Å². The Morgan fingerprint density at radius 2 is 1.58 bits per heavy atom. The smallest absolute Gasteiger partial charge is 0.243 e. The summed E-state index contributed by atoms with van der Waals surface area (Å²) >= 11 is 0. The van der Waals surface area contributed by atoms with Crippen molar-refractivity contribution in [3.63, 3.8) is 0 Å². The van der Waals surface area contributed by atoms with Gasteiger partial charge in [0, 0.05) is 11.4 Å². The minimum Gasteiger partial charge on any atom is -0.494 e. The van der Waals surface area contributed by atoms with Gasteiger partial charge in [0.1, 0.15) is 11.6 Å². The fraction of sp³-hybridized carbons (Fsp3) is 0.381. The topological polar surface area (TPSA) is 50.4 Å². The van der Waals surface area contributed by atoms with Crippen molar-refractivity contribution in [3.05, 3.63) is 54.3 Å². The SMILES string of the molecule is CCCCCCCOc1ccc(NCC(=O)Nc2ccc(F)cc2)cc1. The summed E-state index contributed by atoms with van der Waals surface area (Å²) in [6, 6.07) is 13.2. The number of rotatable bonds is 11. The van der Waals surface area contributed by atoms with Crippen LogP contribution in [0.5, 0.6) is 5.75 Å². The van der Waals surface area contributed by atoms with Crippen LogP contribution in [0.25, 0.3) is 0 Å². The maximum absolute atomic E-state index is 12.8. The van der Waals surface area contributed by atoms with Gasteiger partial charge in [-0.05, 0) is 55.0 Å². The highest BCUT2D eigenvalue weighted by Gasteiger charge is 2.03. The Kier molecular flexibility index (Phi) is 8.46. The van der Waals surface area contributed by atoms with E-state index >= 15 is 0 Å². The minimum absolute atomic E-state index is 0.134. The molecule has 0 heterocycles. The number of nitrogens with one attached hydrogen (secondary N) is 2. The third kappa shape index (κ3) is 7.55. The lowest BCUT2D eigenvalue weighted by atomic mass is 10.2. The summed E-state index contributed by atoms with van der Waals surface area (Å²) in [5, 5.41) is 5.76. The van der Waals surface area contributed by atoms with Crippen LogP contribution in [-0.2, 0) is 4.79 Å². The van der Waals surface area contributed by atoms with Crippen LogP contribution in [0.4, 0.5) is 15.8 Å². The summed E-state index contributed by atoms with van der Waals surface area (Å²) in [6.45, 7) is 3.07. The van der Waals surface area contributed by atoms with Crippen LogP contribution in [0.1, 0.15) is 39.0 Å². The van der Waals surface area contributed by atoms with E-state index in [9.17, 15) is 9.18 Å². The average molecular weight is 358 g/mol. The highest BCUT2D eigenvalue weighted by atomic mass is 19.1. The summed E-state index contributed by atoms with van der Waals surface area (Å²) in [7, 11) is 0. The quantitative estimate of drug-likeness (QED) is 0.541. The molecule has 2 aromatic rings. The van der Waals surface area contributed by atoms with Crippen molar-refractivity contribution in [2.45, 2.75) is 39.0 Å². The number of carbonyl (C=O) groups excluding carboxylic acids is 1. The van der Waals surface area contributed by atoms with Crippen molar-refractivity contribution in [2.75, 3.05) is 23.8 Å². The molecule has 0 aromatic heterocycles. The Morgan fingerprint density at radius 3 is 2.27 bits per heavy atom. The van der Waals surface area contributed by atoms with Crippen LogP contribution >= 0.6 is 0 Å². The molecule has 1 amide bonds. The van der Waals surface area contributed by atoms with Gasteiger partial charge in [-0.3, -0.25) is 4.79 Å². The Balaban J connectivity index is 1.66. The number of halogens is 1. The number of anilines is 2. The summed E-state index contributed by atoms with van der Waals surface area (Å²) < 4.78 is 18.6. The summed E-state index contributed by atoms with van der Waals surface area (Å²) in [6.07, 6.45) is 6.08. The van der Waals surface area contributed by atoms with Gasteiger partial charge in [-0.1, -0.05) is 32.6 Å². The second-order valence-electron chi connectivity index (χ2n) is 6.20. The lowest BCUT2D eigenvalue weighted by molar-refractivity contribution is -0.114. The second kappa shape index (κ2) is 11.1. The van der Waals surface area contributed by atoms with Gasteiger partial charge in [0.15, 0.2) is 0 Å². The normalized spacial score (nSPS) is 10.4. The Hall–Kier alpha value is -2.56. The minimum atomic E-state index is -0.329. The maximum Gasteiger partial charge on any atom is 0.243 e. The molecule has 0 saturated carbocycles. The van der Waals surface area contributed by atoms with E-state index in [-0.39, 0.29) is 18.3 Å². The zero-order valence-electron chi connectivity index (χ0n) is 15.3. The van der Waals surface area contributed by atoms with E-state index in [1.807, 2.05) is 24.3 Å². The first-order valence-electron chi connectivity index (χ1n) is 9.19. The number of hydrogen-bond donors (Lipinski definition) is 2. The van der Waals surface area contributed by atoms with E-state index in [4.69, 9.17) is 4.74 Å². The zero-order chi connectivity index (χ0) is 18.6. The van der Waals surface area contributed by atoms with Gasteiger partial charge in [-0.25, -0.2) is 4.39 Å². The predicted molar refractivity (Wildman–Crippen MR) is 104 cm³/mol. The zero-order valence-corrected chi connectivity index (χ0v) is 15.3. The third-order valence-electron chi connectivity index (χ3n) is 3.95. The van der Waals surface area contributed by atoms with Crippen LogP contribution in [-0.4, -0.2) is 19.1 Å². The predicted octanol–water partition coefficient (Wildman–Crippen LogP) is 5.23. The van der Waals surface area contributed by atoms with Crippen molar-refractivity contribution in [2.24, 2.45) is 0 Å². The van der Waals surface area contributed by atoms with Gasteiger partial charge in [0.25, 0.3) is 0 Å². The lowest BCUT2D eigenvalue weighted by Crippen LogP contribution is -2.21. The molecule has 0 spiro atoms. The highest BCUT2D eigenvalue weighted by molar-refractivity contribution is 5.93. The van der Waals surface area contributed by atoms with Crippen LogP contribution in [0.3, 0.4) is 0 Å². The summed E-state index contributed by atoms with van der Waals surface area (Å²) in [5.74, 6) is 0.315. The van der Waals surface area contributed by atoms with Crippen molar-refractivity contribution < 1.29 is 13.9 Å². The van der Waals surface area contributed by atoms with Gasteiger partial charge in [-0.2, -0.15) is 0 Å². The number of benzene rings is 2. The van der Waals surface area contributed by atoms with Crippen molar-refractivity contribution in [1.82, 2.24) is 0 Å². The van der Waals surface area contributed by atoms with E-state index < -0.39 is 0 Å². The third-order valence-corrected chi connectivity index (χ3v) is 3.95. The molecule has 2 aromatic carbocycles. The van der Waals surface area contributed by atoms with Crippen LogP contribution in [0, 0.1) is 5.82 Å². The van der Waals surface area contributed by atoms with Gasteiger partial charge in [0.05, 0.1) is 13.2 Å². The molecule has 0 radical (unpaired) electrons. The van der Waals surface area contributed by atoms with Crippen LogP contribution in [0.15, 0.2) is 48.5 Å². The molecule has 26 heavy (non-hydrogen) atoms.